The Balaban J connectivity index is 1.63. The zero-order chi connectivity index (χ0) is 22.2. The summed E-state index contributed by atoms with van der Waals surface area (Å²) in [5.74, 6) is -0.0146. The van der Waals surface area contributed by atoms with Crippen molar-refractivity contribution in [1.82, 2.24) is 15.0 Å². The summed E-state index contributed by atoms with van der Waals surface area (Å²) in [6.45, 7) is 3.74. The molecule has 164 valence electrons. The zero-order valence-corrected chi connectivity index (χ0v) is 18.2. The van der Waals surface area contributed by atoms with E-state index in [4.69, 9.17) is 0 Å². The first-order valence-corrected chi connectivity index (χ1v) is 11.2. The topological polar surface area (TPSA) is 73.9 Å². The highest BCUT2D eigenvalue weighted by molar-refractivity contribution is 7.15. The van der Waals surface area contributed by atoms with Gasteiger partial charge in [0.2, 0.25) is 0 Å². The van der Waals surface area contributed by atoms with E-state index < -0.39 is 6.43 Å². The number of aromatic nitrogens is 3. The van der Waals surface area contributed by atoms with Gasteiger partial charge in [-0.25, -0.2) is 18.7 Å². The maximum Gasteiger partial charge on any atom is 0.264 e. The van der Waals surface area contributed by atoms with Crippen molar-refractivity contribution in [3.8, 4) is 11.4 Å². The number of rotatable bonds is 5. The number of benzene rings is 2. The number of nitrogens with one attached hydrogen (secondary N) is 2. The Hall–Kier alpha value is -3.33. The van der Waals surface area contributed by atoms with Crippen molar-refractivity contribution >= 4 is 39.1 Å². The summed E-state index contributed by atoms with van der Waals surface area (Å²) in [6.07, 6.45) is 1.25. The monoisotopic (exact) mass is 453 g/mol. The van der Waals surface area contributed by atoms with Gasteiger partial charge in [-0.1, -0.05) is 24.3 Å². The number of aromatic amines is 1. The van der Waals surface area contributed by atoms with E-state index >= 15 is 0 Å². The van der Waals surface area contributed by atoms with Crippen LogP contribution in [-0.4, -0.2) is 33.9 Å². The predicted octanol–water partition coefficient (Wildman–Crippen LogP) is 5.78. The maximum absolute atomic E-state index is 13.6. The Kier molecular flexibility index (Phi) is 5.34. The molecule has 6 nitrogen and oxygen atoms in total. The maximum atomic E-state index is 13.6. The van der Waals surface area contributed by atoms with Crippen molar-refractivity contribution in [2.45, 2.75) is 26.2 Å². The lowest BCUT2D eigenvalue weighted by Crippen LogP contribution is -2.19. The van der Waals surface area contributed by atoms with Gasteiger partial charge in [0.25, 0.3) is 12.3 Å². The summed E-state index contributed by atoms with van der Waals surface area (Å²) in [7, 11) is 0. The molecule has 0 bridgehead atoms. The quantitative estimate of drug-likeness (QED) is 0.401. The number of fused-ring (bicyclic) bond motifs is 1. The van der Waals surface area contributed by atoms with Crippen LogP contribution in [0.1, 0.15) is 40.1 Å². The van der Waals surface area contributed by atoms with Gasteiger partial charge in [0.1, 0.15) is 11.3 Å². The standard InChI is InChI=1S/C23H21F2N5OS/c1-13-12-26-23(32-13)29-22(31)17-10-14(30-8-4-5-9-30)11-18-19(17)28-21(27-18)16-7-3-2-6-15(16)20(24)25/h2-3,6-7,10-12,20H,4-5,8-9H2,1H3,(H,27,28)(H,26,29,31). The number of halogens is 2. The van der Waals surface area contributed by atoms with Crippen LogP contribution in [0.3, 0.4) is 0 Å². The molecule has 2 aromatic carbocycles. The summed E-state index contributed by atoms with van der Waals surface area (Å²) in [4.78, 5) is 28.4. The highest BCUT2D eigenvalue weighted by Crippen LogP contribution is 2.34. The first kappa shape index (κ1) is 20.6. The van der Waals surface area contributed by atoms with Crippen molar-refractivity contribution in [3.63, 3.8) is 0 Å². The third kappa shape index (κ3) is 3.84. The van der Waals surface area contributed by atoms with Gasteiger partial charge in [-0.2, -0.15) is 0 Å². The second-order valence-corrected chi connectivity index (χ2v) is 9.02. The van der Waals surface area contributed by atoms with Gasteiger partial charge >= 0.3 is 0 Å². The Morgan fingerprint density at radius 1 is 1.22 bits per heavy atom. The molecule has 0 radical (unpaired) electrons. The van der Waals surface area contributed by atoms with Crippen LogP contribution < -0.4 is 10.2 Å². The number of carbonyl (C=O) groups is 1. The molecular weight excluding hydrogens is 432 g/mol. The molecule has 1 aliphatic heterocycles. The Morgan fingerprint density at radius 2 is 2.00 bits per heavy atom. The van der Waals surface area contributed by atoms with Gasteiger partial charge in [0.05, 0.1) is 11.1 Å². The van der Waals surface area contributed by atoms with Crippen LogP contribution in [0.25, 0.3) is 22.4 Å². The molecule has 1 fully saturated rings. The van der Waals surface area contributed by atoms with Crippen molar-refractivity contribution in [2.75, 3.05) is 23.3 Å². The number of nitrogens with zero attached hydrogens (tertiary/aromatic N) is 3. The molecule has 5 rings (SSSR count). The fraction of sp³-hybridized carbons (Fsp3) is 0.261. The highest BCUT2D eigenvalue weighted by atomic mass is 32.1. The molecular formula is C23H21F2N5OS. The molecule has 1 saturated heterocycles. The molecule has 2 N–H and O–H groups in total. The van der Waals surface area contributed by atoms with Crippen LogP contribution in [0.4, 0.5) is 19.6 Å². The lowest BCUT2D eigenvalue weighted by atomic mass is 10.1. The number of anilines is 2. The van der Waals surface area contributed by atoms with Crippen LogP contribution in [-0.2, 0) is 0 Å². The Morgan fingerprint density at radius 3 is 2.72 bits per heavy atom. The van der Waals surface area contributed by atoms with E-state index in [-0.39, 0.29) is 11.5 Å². The van der Waals surface area contributed by atoms with Crippen molar-refractivity contribution in [1.29, 1.82) is 0 Å². The number of imidazole rings is 1. The van der Waals surface area contributed by atoms with Crippen molar-refractivity contribution in [3.05, 3.63) is 58.6 Å². The van der Waals surface area contributed by atoms with E-state index in [1.54, 1.807) is 24.4 Å². The molecule has 0 saturated carbocycles. The smallest absolute Gasteiger partial charge is 0.264 e. The molecule has 0 spiro atoms. The number of hydrogen-bond acceptors (Lipinski definition) is 5. The molecule has 32 heavy (non-hydrogen) atoms. The van der Waals surface area contributed by atoms with Gasteiger partial charge in [-0.05, 0) is 31.9 Å². The fourth-order valence-electron chi connectivity index (χ4n) is 4.04. The number of carbonyl (C=O) groups excluding carboxylic acids is 1. The summed E-state index contributed by atoms with van der Waals surface area (Å²) >= 11 is 1.39. The second kappa shape index (κ2) is 8.31. The molecule has 4 aromatic rings. The van der Waals surface area contributed by atoms with Gasteiger partial charge in [-0.3, -0.25) is 10.1 Å². The number of thiazole rings is 1. The van der Waals surface area contributed by atoms with E-state index in [0.717, 1.165) is 36.5 Å². The minimum Gasteiger partial charge on any atom is -0.371 e. The van der Waals surface area contributed by atoms with Gasteiger partial charge in [0, 0.05) is 41.0 Å². The predicted molar refractivity (Wildman–Crippen MR) is 123 cm³/mol. The summed E-state index contributed by atoms with van der Waals surface area (Å²) in [5, 5.41) is 3.35. The zero-order valence-electron chi connectivity index (χ0n) is 17.4. The fourth-order valence-corrected chi connectivity index (χ4v) is 4.70. The highest BCUT2D eigenvalue weighted by Gasteiger charge is 2.22. The third-order valence-electron chi connectivity index (χ3n) is 5.58. The van der Waals surface area contributed by atoms with Gasteiger partial charge in [0.15, 0.2) is 5.13 Å². The lowest BCUT2D eigenvalue weighted by Gasteiger charge is -2.18. The van der Waals surface area contributed by atoms with Crippen LogP contribution in [0.5, 0.6) is 0 Å². The first-order chi connectivity index (χ1) is 15.5. The number of amides is 1. The summed E-state index contributed by atoms with van der Waals surface area (Å²) < 4.78 is 27.1. The van der Waals surface area contributed by atoms with E-state index in [1.807, 2.05) is 19.1 Å². The number of alkyl halides is 2. The SMILES string of the molecule is Cc1cnc(NC(=O)c2cc(N3CCCC3)cc3[nH]c(-c4ccccc4C(F)F)nc23)s1. The van der Waals surface area contributed by atoms with E-state index in [1.165, 1.54) is 17.4 Å². The minimum absolute atomic E-state index is 0.101. The average molecular weight is 454 g/mol. The van der Waals surface area contributed by atoms with Gasteiger partial charge < -0.3 is 9.88 Å². The van der Waals surface area contributed by atoms with Crippen LogP contribution in [0.2, 0.25) is 0 Å². The Labute approximate surface area is 187 Å². The summed E-state index contributed by atoms with van der Waals surface area (Å²) in [6, 6.07) is 10.0. The number of hydrogen-bond donors (Lipinski definition) is 2. The van der Waals surface area contributed by atoms with Crippen LogP contribution >= 0.6 is 11.3 Å². The first-order valence-electron chi connectivity index (χ1n) is 10.4. The normalized spacial score (nSPS) is 13.9. The minimum atomic E-state index is -2.63. The molecule has 1 amide bonds. The lowest BCUT2D eigenvalue weighted by molar-refractivity contribution is 0.102. The molecule has 0 unspecified atom stereocenters. The molecule has 1 aliphatic rings. The average Bonchev–Trinajstić information content (AvgIpc) is 3.53. The van der Waals surface area contributed by atoms with E-state index in [9.17, 15) is 13.6 Å². The second-order valence-electron chi connectivity index (χ2n) is 7.79. The number of aryl methyl sites for hydroxylation is 1. The molecule has 3 heterocycles. The Bertz CT molecular complexity index is 1290. The van der Waals surface area contributed by atoms with E-state index in [2.05, 4.69) is 25.2 Å². The largest absolute Gasteiger partial charge is 0.371 e. The molecule has 0 atom stereocenters. The molecule has 9 heteroatoms. The molecule has 2 aromatic heterocycles. The third-order valence-corrected chi connectivity index (χ3v) is 6.41. The van der Waals surface area contributed by atoms with Gasteiger partial charge in [-0.15, -0.1) is 11.3 Å². The van der Waals surface area contributed by atoms with Crippen LogP contribution in [0, 0.1) is 6.92 Å². The number of H-pyrrole nitrogens is 1. The molecule has 0 aliphatic carbocycles. The van der Waals surface area contributed by atoms with Crippen molar-refractivity contribution < 1.29 is 13.6 Å². The van der Waals surface area contributed by atoms with Crippen LogP contribution in [0.15, 0.2) is 42.6 Å². The van der Waals surface area contributed by atoms with Crippen molar-refractivity contribution in [2.24, 2.45) is 0 Å². The van der Waals surface area contributed by atoms with E-state index in [0.29, 0.717) is 33.1 Å². The summed E-state index contributed by atoms with van der Waals surface area (Å²) in [5.41, 5.74) is 2.59.